The average Bonchev–Trinajstić information content (AvgIpc) is 2.58. The van der Waals surface area contributed by atoms with Gasteiger partial charge in [-0.2, -0.15) is 0 Å². The Labute approximate surface area is 149 Å². The van der Waals surface area contributed by atoms with Crippen molar-refractivity contribution in [3.05, 3.63) is 0 Å². The standard InChI is InChI=1S/C17H32N4O4/c1-10(2)15(23)13(6-7-18)20-17(25)14(11(3)22)21-16(24)12-5-4-8-19-9-12/h10-14,19,22H,4-9,18H2,1-3H3,(H,20,25)(H,21,24)/t11?,12-,13+,14+/m1/s1. The molecule has 0 aromatic rings. The summed E-state index contributed by atoms with van der Waals surface area (Å²) in [6.45, 7) is 6.63. The van der Waals surface area contributed by atoms with Crippen LogP contribution in [0.4, 0.5) is 0 Å². The van der Waals surface area contributed by atoms with Crippen LogP contribution in [0.15, 0.2) is 0 Å². The molecule has 0 aromatic heterocycles. The molecule has 4 atom stereocenters. The highest BCUT2D eigenvalue weighted by Crippen LogP contribution is 2.11. The second kappa shape index (κ2) is 10.5. The molecule has 1 rings (SSSR count). The average molecular weight is 356 g/mol. The number of carbonyl (C=O) groups is 3. The van der Waals surface area contributed by atoms with Crippen LogP contribution in [0.2, 0.25) is 0 Å². The number of hydrogen-bond donors (Lipinski definition) is 5. The number of hydrogen-bond acceptors (Lipinski definition) is 6. The Kier molecular flexibility index (Phi) is 9.02. The summed E-state index contributed by atoms with van der Waals surface area (Å²) >= 11 is 0. The van der Waals surface area contributed by atoms with Gasteiger partial charge in [-0.25, -0.2) is 0 Å². The molecule has 0 aliphatic carbocycles. The van der Waals surface area contributed by atoms with Crippen molar-refractivity contribution < 1.29 is 19.5 Å². The lowest BCUT2D eigenvalue weighted by molar-refractivity contribution is -0.135. The highest BCUT2D eigenvalue weighted by atomic mass is 16.3. The first kappa shape index (κ1) is 21.5. The molecule has 1 aliphatic rings. The van der Waals surface area contributed by atoms with E-state index in [2.05, 4.69) is 16.0 Å². The molecule has 6 N–H and O–H groups in total. The van der Waals surface area contributed by atoms with Gasteiger partial charge >= 0.3 is 0 Å². The van der Waals surface area contributed by atoms with Crippen LogP contribution in [-0.4, -0.2) is 60.5 Å². The molecule has 8 heteroatoms. The maximum Gasteiger partial charge on any atom is 0.245 e. The second-order valence-corrected chi connectivity index (χ2v) is 6.97. The molecule has 1 fully saturated rings. The third-order valence-electron chi connectivity index (χ3n) is 4.41. The largest absolute Gasteiger partial charge is 0.391 e. The zero-order valence-corrected chi connectivity index (χ0v) is 15.4. The van der Waals surface area contributed by atoms with E-state index < -0.39 is 24.1 Å². The Hall–Kier alpha value is -1.51. The van der Waals surface area contributed by atoms with E-state index in [0.717, 1.165) is 19.4 Å². The first-order chi connectivity index (χ1) is 11.8. The number of nitrogens with one attached hydrogen (secondary N) is 3. The lowest BCUT2D eigenvalue weighted by atomic mass is 9.97. The molecule has 0 bridgehead atoms. The molecule has 0 spiro atoms. The van der Waals surface area contributed by atoms with Crippen LogP contribution in [0.3, 0.4) is 0 Å². The second-order valence-electron chi connectivity index (χ2n) is 6.97. The van der Waals surface area contributed by atoms with Crippen LogP contribution >= 0.6 is 0 Å². The Balaban J connectivity index is 2.73. The van der Waals surface area contributed by atoms with Crippen LogP contribution in [0, 0.1) is 11.8 Å². The molecule has 1 aliphatic heterocycles. The Morgan fingerprint density at radius 1 is 1.24 bits per heavy atom. The minimum atomic E-state index is -1.10. The van der Waals surface area contributed by atoms with Crippen molar-refractivity contribution in [1.82, 2.24) is 16.0 Å². The molecule has 25 heavy (non-hydrogen) atoms. The van der Waals surface area contributed by atoms with Crippen molar-refractivity contribution >= 4 is 17.6 Å². The van der Waals surface area contributed by atoms with Crippen molar-refractivity contribution in [2.75, 3.05) is 19.6 Å². The summed E-state index contributed by atoms with van der Waals surface area (Å²) < 4.78 is 0. The Bertz CT molecular complexity index is 462. The fourth-order valence-electron chi connectivity index (χ4n) is 2.87. The number of piperidine rings is 1. The van der Waals surface area contributed by atoms with Crippen molar-refractivity contribution in [2.24, 2.45) is 17.6 Å². The molecule has 1 heterocycles. The number of amides is 2. The number of carbonyl (C=O) groups excluding carboxylic acids is 3. The molecule has 0 radical (unpaired) electrons. The number of nitrogens with two attached hydrogens (primary N) is 1. The van der Waals surface area contributed by atoms with Crippen LogP contribution in [0.5, 0.6) is 0 Å². The van der Waals surface area contributed by atoms with Crippen molar-refractivity contribution in [3.8, 4) is 0 Å². The zero-order valence-electron chi connectivity index (χ0n) is 15.4. The lowest BCUT2D eigenvalue weighted by Crippen LogP contribution is -2.57. The van der Waals surface area contributed by atoms with Gasteiger partial charge in [0.1, 0.15) is 6.04 Å². The summed E-state index contributed by atoms with van der Waals surface area (Å²) in [5.74, 6) is -1.42. The summed E-state index contributed by atoms with van der Waals surface area (Å²) in [4.78, 5) is 37.1. The molecular formula is C17H32N4O4. The van der Waals surface area contributed by atoms with Gasteiger partial charge in [-0.05, 0) is 39.3 Å². The van der Waals surface area contributed by atoms with Crippen LogP contribution in [-0.2, 0) is 14.4 Å². The van der Waals surface area contributed by atoms with Gasteiger partial charge in [0, 0.05) is 12.5 Å². The molecule has 1 saturated heterocycles. The van der Waals surface area contributed by atoms with E-state index in [9.17, 15) is 19.5 Å². The fraction of sp³-hybridized carbons (Fsp3) is 0.824. The highest BCUT2D eigenvalue weighted by Gasteiger charge is 2.32. The van der Waals surface area contributed by atoms with E-state index >= 15 is 0 Å². The first-order valence-electron chi connectivity index (χ1n) is 9.01. The van der Waals surface area contributed by atoms with Crippen molar-refractivity contribution in [1.29, 1.82) is 0 Å². The fourth-order valence-corrected chi connectivity index (χ4v) is 2.87. The monoisotopic (exact) mass is 356 g/mol. The number of Topliss-reactive ketones (excluding diaryl/α,β-unsaturated/α-hetero) is 1. The van der Waals surface area contributed by atoms with E-state index in [1.54, 1.807) is 13.8 Å². The molecule has 2 amide bonds. The number of aliphatic hydroxyl groups excluding tert-OH is 1. The first-order valence-corrected chi connectivity index (χ1v) is 9.01. The van der Waals surface area contributed by atoms with Gasteiger partial charge in [-0.1, -0.05) is 13.8 Å². The van der Waals surface area contributed by atoms with Gasteiger partial charge in [0.2, 0.25) is 11.8 Å². The normalized spacial score (nSPS) is 21.3. The van der Waals surface area contributed by atoms with Gasteiger partial charge in [0.05, 0.1) is 18.1 Å². The van der Waals surface area contributed by atoms with Crippen molar-refractivity contribution in [2.45, 2.75) is 58.2 Å². The summed E-state index contributed by atoms with van der Waals surface area (Å²) in [5, 5.41) is 18.3. The Morgan fingerprint density at radius 3 is 2.40 bits per heavy atom. The summed E-state index contributed by atoms with van der Waals surface area (Å²) in [6, 6.07) is -1.82. The van der Waals surface area contributed by atoms with E-state index in [-0.39, 0.29) is 30.1 Å². The van der Waals surface area contributed by atoms with E-state index in [0.29, 0.717) is 13.0 Å². The molecule has 1 unspecified atom stereocenters. The van der Waals surface area contributed by atoms with Gasteiger partial charge in [-0.15, -0.1) is 0 Å². The summed E-state index contributed by atoms with van der Waals surface area (Å²) in [7, 11) is 0. The predicted molar refractivity (Wildman–Crippen MR) is 94.7 cm³/mol. The van der Waals surface area contributed by atoms with Crippen molar-refractivity contribution in [3.63, 3.8) is 0 Å². The molecule has 0 aromatic carbocycles. The zero-order chi connectivity index (χ0) is 19.0. The summed E-state index contributed by atoms with van der Waals surface area (Å²) in [5.41, 5.74) is 5.53. The topological polar surface area (TPSA) is 134 Å². The third-order valence-corrected chi connectivity index (χ3v) is 4.41. The van der Waals surface area contributed by atoms with E-state index in [4.69, 9.17) is 5.73 Å². The van der Waals surface area contributed by atoms with Crippen LogP contribution in [0.1, 0.15) is 40.0 Å². The maximum atomic E-state index is 12.5. The van der Waals surface area contributed by atoms with Gasteiger partial charge in [0.15, 0.2) is 5.78 Å². The number of rotatable bonds is 9. The highest BCUT2D eigenvalue weighted by molar-refractivity contribution is 5.94. The smallest absolute Gasteiger partial charge is 0.245 e. The van der Waals surface area contributed by atoms with E-state index in [1.807, 2.05) is 0 Å². The Morgan fingerprint density at radius 2 is 1.92 bits per heavy atom. The molecule has 8 nitrogen and oxygen atoms in total. The van der Waals surface area contributed by atoms with Gasteiger partial charge < -0.3 is 26.8 Å². The SMILES string of the molecule is CC(C)C(=O)[C@H](CCN)NC(=O)[C@@H](NC(=O)[C@@H]1CCCNC1)C(C)O. The third kappa shape index (κ3) is 6.72. The predicted octanol–water partition coefficient (Wildman–Crippen LogP) is -1.09. The van der Waals surface area contributed by atoms with Gasteiger partial charge in [0.25, 0.3) is 0 Å². The lowest BCUT2D eigenvalue weighted by Gasteiger charge is -2.28. The molecular weight excluding hydrogens is 324 g/mol. The van der Waals surface area contributed by atoms with Crippen LogP contribution in [0.25, 0.3) is 0 Å². The van der Waals surface area contributed by atoms with Crippen LogP contribution < -0.4 is 21.7 Å². The number of ketones is 1. The minimum Gasteiger partial charge on any atom is -0.391 e. The molecule has 0 saturated carbocycles. The van der Waals surface area contributed by atoms with E-state index in [1.165, 1.54) is 6.92 Å². The van der Waals surface area contributed by atoms with Gasteiger partial charge in [-0.3, -0.25) is 14.4 Å². The number of aliphatic hydroxyl groups is 1. The maximum absolute atomic E-state index is 12.5. The quantitative estimate of drug-likeness (QED) is 0.356. The minimum absolute atomic E-state index is 0.119. The summed E-state index contributed by atoms with van der Waals surface area (Å²) in [6.07, 6.45) is 0.878. The molecule has 144 valence electrons.